The molecule has 0 aromatic carbocycles. The van der Waals surface area contributed by atoms with Gasteiger partial charge < -0.3 is 10.4 Å². The average Bonchev–Trinajstić information content (AvgIpc) is 2.28. The van der Waals surface area contributed by atoms with Crippen LogP contribution < -0.4 is 5.32 Å². The molecule has 0 aliphatic rings. The third-order valence-corrected chi connectivity index (χ3v) is 2.02. The molecule has 0 radical (unpaired) electrons. The lowest BCUT2D eigenvalue weighted by molar-refractivity contribution is 0.0952. The Bertz CT molecular complexity index is 396. The summed E-state index contributed by atoms with van der Waals surface area (Å²) in [7, 11) is 0. The maximum atomic E-state index is 11.5. The minimum absolute atomic E-state index is 0.0139. The number of aromatic nitrogens is 1. The number of nitrogens with one attached hydrogen (secondary N) is 1. The quantitative estimate of drug-likeness (QED) is 0.578. The number of nitrogens with zero attached hydrogens (tertiary/aromatic N) is 1. The van der Waals surface area contributed by atoms with Gasteiger partial charge in [-0.3, -0.25) is 9.78 Å². The third kappa shape index (κ3) is 4.01. The maximum Gasteiger partial charge on any atom is 0.252 e. The number of terminal acetylenes is 1. The monoisotopic (exact) mass is 218 g/mol. The lowest BCUT2D eigenvalue weighted by Crippen LogP contribution is -2.24. The zero-order chi connectivity index (χ0) is 11.8. The van der Waals surface area contributed by atoms with Crippen molar-refractivity contribution in [3.8, 4) is 18.1 Å². The SMILES string of the molecule is C#CCCCCNC(=O)c1cncc(O)c1. The Morgan fingerprint density at radius 3 is 3.00 bits per heavy atom. The summed E-state index contributed by atoms with van der Waals surface area (Å²) in [5.74, 6) is 2.29. The van der Waals surface area contributed by atoms with Crippen LogP contribution in [0.5, 0.6) is 5.75 Å². The fourth-order valence-electron chi connectivity index (χ4n) is 1.21. The van der Waals surface area contributed by atoms with E-state index in [2.05, 4.69) is 16.2 Å². The summed E-state index contributed by atoms with van der Waals surface area (Å²) in [6.07, 6.45) is 10.3. The molecule has 0 bridgehead atoms. The molecule has 84 valence electrons. The van der Waals surface area contributed by atoms with E-state index in [9.17, 15) is 4.79 Å². The summed E-state index contributed by atoms with van der Waals surface area (Å²) in [5.41, 5.74) is 0.358. The lowest BCUT2D eigenvalue weighted by Gasteiger charge is -2.04. The van der Waals surface area contributed by atoms with Crippen molar-refractivity contribution in [3.05, 3.63) is 24.0 Å². The Morgan fingerprint density at radius 1 is 1.50 bits per heavy atom. The zero-order valence-electron chi connectivity index (χ0n) is 8.94. The van der Waals surface area contributed by atoms with E-state index in [1.54, 1.807) is 0 Å². The molecular weight excluding hydrogens is 204 g/mol. The van der Waals surface area contributed by atoms with Crippen molar-refractivity contribution in [1.29, 1.82) is 0 Å². The Kier molecular flexibility index (Phi) is 4.87. The first-order chi connectivity index (χ1) is 7.74. The van der Waals surface area contributed by atoms with Gasteiger partial charge in [-0.1, -0.05) is 0 Å². The highest BCUT2D eigenvalue weighted by Crippen LogP contribution is 2.08. The number of aromatic hydroxyl groups is 1. The minimum atomic E-state index is -0.232. The molecule has 0 saturated heterocycles. The van der Waals surface area contributed by atoms with Crippen molar-refractivity contribution < 1.29 is 9.90 Å². The summed E-state index contributed by atoms with van der Waals surface area (Å²) in [4.78, 5) is 15.3. The van der Waals surface area contributed by atoms with Gasteiger partial charge in [-0.15, -0.1) is 12.3 Å². The second-order valence-corrected chi connectivity index (χ2v) is 3.35. The van der Waals surface area contributed by atoms with Gasteiger partial charge in [0.15, 0.2) is 0 Å². The van der Waals surface area contributed by atoms with E-state index >= 15 is 0 Å². The number of hydrogen-bond donors (Lipinski definition) is 2. The first kappa shape index (κ1) is 12.1. The Morgan fingerprint density at radius 2 is 2.31 bits per heavy atom. The fraction of sp³-hybridized carbons (Fsp3) is 0.333. The first-order valence-corrected chi connectivity index (χ1v) is 5.09. The van der Waals surface area contributed by atoms with Crippen molar-refractivity contribution >= 4 is 5.91 Å². The number of carbonyl (C=O) groups excluding carboxylic acids is 1. The van der Waals surface area contributed by atoms with Crippen molar-refractivity contribution in [2.45, 2.75) is 19.3 Å². The van der Waals surface area contributed by atoms with E-state index in [0.29, 0.717) is 12.1 Å². The van der Waals surface area contributed by atoms with Gasteiger partial charge in [-0.2, -0.15) is 0 Å². The van der Waals surface area contributed by atoms with Crippen molar-refractivity contribution in [3.63, 3.8) is 0 Å². The topological polar surface area (TPSA) is 62.2 Å². The van der Waals surface area contributed by atoms with Crippen molar-refractivity contribution in [1.82, 2.24) is 10.3 Å². The Balaban J connectivity index is 2.33. The summed E-state index contributed by atoms with van der Waals surface area (Å²) in [5, 5.41) is 11.9. The largest absolute Gasteiger partial charge is 0.506 e. The van der Waals surface area contributed by atoms with E-state index in [4.69, 9.17) is 11.5 Å². The molecule has 0 unspecified atom stereocenters. The molecule has 0 aliphatic carbocycles. The molecule has 4 heteroatoms. The van der Waals surface area contributed by atoms with E-state index in [0.717, 1.165) is 19.3 Å². The third-order valence-electron chi connectivity index (χ3n) is 2.02. The van der Waals surface area contributed by atoms with Crippen LogP contribution in [0.2, 0.25) is 0 Å². The number of pyridine rings is 1. The van der Waals surface area contributed by atoms with Gasteiger partial charge in [-0.05, 0) is 18.9 Å². The van der Waals surface area contributed by atoms with E-state index in [1.807, 2.05) is 0 Å². The Hall–Kier alpha value is -2.02. The molecular formula is C12H14N2O2. The molecule has 0 saturated carbocycles. The van der Waals surface area contributed by atoms with Gasteiger partial charge in [0, 0.05) is 19.2 Å². The zero-order valence-corrected chi connectivity index (χ0v) is 8.94. The molecule has 2 N–H and O–H groups in total. The number of amides is 1. The molecule has 1 amide bonds. The summed E-state index contributed by atoms with van der Waals surface area (Å²) >= 11 is 0. The molecule has 4 nitrogen and oxygen atoms in total. The molecule has 1 rings (SSSR count). The normalized spacial score (nSPS) is 9.44. The molecule has 0 atom stereocenters. The highest BCUT2D eigenvalue weighted by Gasteiger charge is 2.05. The summed E-state index contributed by atoms with van der Waals surface area (Å²) in [6.45, 7) is 0.580. The van der Waals surface area contributed by atoms with Crippen molar-refractivity contribution in [2.75, 3.05) is 6.54 Å². The van der Waals surface area contributed by atoms with Crippen LogP contribution >= 0.6 is 0 Å². The standard InChI is InChI=1S/C12H14N2O2/c1-2-3-4-5-6-14-12(16)10-7-11(15)9-13-8-10/h1,7-9,15H,3-6H2,(H,14,16). The summed E-state index contributed by atoms with van der Waals surface area (Å²) < 4.78 is 0. The Labute approximate surface area is 94.7 Å². The van der Waals surface area contributed by atoms with E-state index < -0.39 is 0 Å². The van der Waals surface area contributed by atoms with Crippen LogP contribution in [-0.2, 0) is 0 Å². The van der Waals surface area contributed by atoms with E-state index in [1.165, 1.54) is 18.5 Å². The molecule has 0 fully saturated rings. The smallest absolute Gasteiger partial charge is 0.252 e. The average molecular weight is 218 g/mol. The maximum absolute atomic E-state index is 11.5. The molecule has 1 heterocycles. The van der Waals surface area contributed by atoms with Crippen LogP contribution in [0.15, 0.2) is 18.5 Å². The van der Waals surface area contributed by atoms with Crippen LogP contribution in [0, 0.1) is 12.3 Å². The van der Waals surface area contributed by atoms with E-state index in [-0.39, 0.29) is 11.7 Å². The molecule has 0 spiro atoms. The van der Waals surface area contributed by atoms with Crippen LogP contribution in [0.3, 0.4) is 0 Å². The summed E-state index contributed by atoms with van der Waals surface area (Å²) in [6, 6.07) is 1.38. The second kappa shape index (κ2) is 6.46. The van der Waals surface area contributed by atoms with Crippen LogP contribution in [0.1, 0.15) is 29.6 Å². The second-order valence-electron chi connectivity index (χ2n) is 3.35. The van der Waals surface area contributed by atoms with Crippen LogP contribution in [0.25, 0.3) is 0 Å². The highest BCUT2D eigenvalue weighted by atomic mass is 16.3. The van der Waals surface area contributed by atoms with Crippen molar-refractivity contribution in [2.24, 2.45) is 0 Å². The molecule has 1 aromatic rings. The van der Waals surface area contributed by atoms with Gasteiger partial charge in [0.05, 0.1) is 11.8 Å². The highest BCUT2D eigenvalue weighted by molar-refractivity contribution is 5.94. The number of unbranched alkanes of at least 4 members (excludes halogenated alkanes) is 2. The number of hydrogen-bond acceptors (Lipinski definition) is 3. The van der Waals surface area contributed by atoms with Gasteiger partial charge in [0.2, 0.25) is 0 Å². The van der Waals surface area contributed by atoms with Crippen LogP contribution in [-0.4, -0.2) is 22.5 Å². The van der Waals surface area contributed by atoms with Gasteiger partial charge >= 0.3 is 0 Å². The molecule has 16 heavy (non-hydrogen) atoms. The predicted octanol–water partition coefficient (Wildman–Crippen LogP) is 1.32. The number of carbonyl (C=O) groups is 1. The molecule has 0 aliphatic heterocycles. The van der Waals surface area contributed by atoms with Gasteiger partial charge in [0.25, 0.3) is 5.91 Å². The first-order valence-electron chi connectivity index (χ1n) is 5.09. The molecule has 1 aromatic heterocycles. The predicted molar refractivity (Wildman–Crippen MR) is 60.9 cm³/mol. The van der Waals surface area contributed by atoms with Gasteiger partial charge in [0.1, 0.15) is 5.75 Å². The lowest BCUT2D eigenvalue weighted by atomic mass is 10.2. The number of rotatable bonds is 5. The fourth-order valence-corrected chi connectivity index (χ4v) is 1.21. The van der Waals surface area contributed by atoms with Gasteiger partial charge in [-0.25, -0.2) is 0 Å². The van der Waals surface area contributed by atoms with Crippen LogP contribution in [0.4, 0.5) is 0 Å². The minimum Gasteiger partial charge on any atom is -0.506 e.